The minimum absolute atomic E-state index is 0.00487. The lowest BCUT2D eigenvalue weighted by atomic mass is 10.2. The number of aromatic nitrogens is 2. The molecule has 2 N–H and O–H groups in total. The van der Waals surface area contributed by atoms with E-state index in [2.05, 4.69) is 25.5 Å². The molecular weight excluding hydrogens is 356 g/mol. The zero-order valence-corrected chi connectivity index (χ0v) is 16.3. The molecule has 8 heteroatoms. The third kappa shape index (κ3) is 4.97. The van der Waals surface area contributed by atoms with E-state index in [-0.39, 0.29) is 18.4 Å². The number of hydrogen-bond donors (Lipinski definition) is 2. The Morgan fingerprint density at radius 1 is 1.07 bits per heavy atom. The summed E-state index contributed by atoms with van der Waals surface area (Å²) in [7, 11) is 0. The first-order valence-electron chi connectivity index (χ1n) is 9.52. The van der Waals surface area contributed by atoms with E-state index in [0.717, 1.165) is 24.0 Å². The van der Waals surface area contributed by atoms with E-state index >= 15 is 0 Å². The Hall–Kier alpha value is -3.16. The molecular formula is C20H26N6O2. The highest BCUT2D eigenvalue weighted by Gasteiger charge is 2.22. The number of hydrogen-bond acceptors (Lipinski definition) is 6. The first-order valence-corrected chi connectivity index (χ1v) is 9.52. The van der Waals surface area contributed by atoms with Gasteiger partial charge in [-0.05, 0) is 26.0 Å². The summed E-state index contributed by atoms with van der Waals surface area (Å²) in [5, 5.41) is 5.91. The Balaban J connectivity index is 1.51. The number of nitrogens with zero attached hydrogens (tertiary/aromatic N) is 4. The monoisotopic (exact) mass is 382 g/mol. The van der Waals surface area contributed by atoms with Crippen LogP contribution in [0, 0.1) is 6.92 Å². The van der Waals surface area contributed by atoms with Crippen molar-refractivity contribution in [3.8, 4) is 0 Å². The molecule has 0 atom stereocenters. The molecule has 1 fully saturated rings. The highest BCUT2D eigenvalue weighted by atomic mass is 16.2. The molecule has 3 rings (SSSR count). The number of aryl methyl sites for hydroxylation is 1. The molecule has 8 nitrogen and oxygen atoms in total. The lowest BCUT2D eigenvalue weighted by molar-refractivity contribution is -0.130. The first kappa shape index (κ1) is 19.6. The second-order valence-electron chi connectivity index (χ2n) is 6.61. The largest absolute Gasteiger partial charge is 0.370 e. The van der Waals surface area contributed by atoms with Gasteiger partial charge in [-0.2, -0.15) is 0 Å². The third-order valence-electron chi connectivity index (χ3n) is 4.57. The molecule has 1 aromatic heterocycles. The van der Waals surface area contributed by atoms with Crippen LogP contribution in [0.5, 0.6) is 0 Å². The molecule has 2 aromatic rings. The standard InChI is InChI=1S/C20H26N6O2/c1-3-21-17-13-18(24-15(2)23-17)25-9-11-26(12-10-25)19(27)14-22-20(28)16-7-5-4-6-8-16/h4-8,13H,3,9-12,14H2,1-2H3,(H,22,28)(H,21,23,24). The molecule has 28 heavy (non-hydrogen) atoms. The van der Waals surface area contributed by atoms with E-state index in [1.54, 1.807) is 29.2 Å². The second-order valence-corrected chi connectivity index (χ2v) is 6.61. The predicted octanol–water partition coefficient (Wildman–Crippen LogP) is 1.30. The Labute approximate surface area is 165 Å². The van der Waals surface area contributed by atoms with Gasteiger partial charge in [0, 0.05) is 44.4 Å². The van der Waals surface area contributed by atoms with Gasteiger partial charge in [-0.3, -0.25) is 9.59 Å². The summed E-state index contributed by atoms with van der Waals surface area (Å²) in [4.78, 5) is 37.3. The van der Waals surface area contributed by atoms with Gasteiger partial charge in [-0.25, -0.2) is 9.97 Å². The van der Waals surface area contributed by atoms with Crippen molar-refractivity contribution in [1.29, 1.82) is 0 Å². The maximum absolute atomic E-state index is 12.4. The minimum Gasteiger partial charge on any atom is -0.370 e. The van der Waals surface area contributed by atoms with Gasteiger partial charge in [0.1, 0.15) is 17.5 Å². The van der Waals surface area contributed by atoms with E-state index in [1.807, 2.05) is 26.0 Å². The van der Waals surface area contributed by atoms with Crippen LogP contribution in [0.2, 0.25) is 0 Å². The fourth-order valence-corrected chi connectivity index (χ4v) is 3.13. The van der Waals surface area contributed by atoms with Gasteiger partial charge < -0.3 is 20.4 Å². The van der Waals surface area contributed by atoms with Crippen LogP contribution in [0.25, 0.3) is 0 Å². The first-order chi connectivity index (χ1) is 13.6. The fraction of sp³-hybridized carbons (Fsp3) is 0.400. The molecule has 1 aromatic carbocycles. The van der Waals surface area contributed by atoms with Crippen molar-refractivity contribution in [2.24, 2.45) is 0 Å². The maximum Gasteiger partial charge on any atom is 0.251 e. The molecule has 1 aliphatic heterocycles. The minimum atomic E-state index is -0.236. The number of rotatable bonds is 6. The SMILES string of the molecule is CCNc1cc(N2CCN(C(=O)CNC(=O)c3ccccc3)CC2)nc(C)n1. The average molecular weight is 382 g/mol. The number of amides is 2. The molecule has 0 saturated carbocycles. The normalized spacial score (nSPS) is 13.9. The summed E-state index contributed by atoms with van der Waals surface area (Å²) in [6, 6.07) is 10.8. The van der Waals surface area contributed by atoms with E-state index in [0.29, 0.717) is 31.7 Å². The van der Waals surface area contributed by atoms with Crippen LogP contribution < -0.4 is 15.5 Å². The number of nitrogens with one attached hydrogen (secondary N) is 2. The maximum atomic E-state index is 12.4. The van der Waals surface area contributed by atoms with Crippen molar-refractivity contribution in [3.63, 3.8) is 0 Å². The van der Waals surface area contributed by atoms with Crippen molar-refractivity contribution in [2.45, 2.75) is 13.8 Å². The third-order valence-corrected chi connectivity index (χ3v) is 4.57. The van der Waals surface area contributed by atoms with Crippen LogP contribution in [0.1, 0.15) is 23.1 Å². The smallest absolute Gasteiger partial charge is 0.251 e. The summed E-state index contributed by atoms with van der Waals surface area (Å²) in [5.74, 6) is 2.09. The fourth-order valence-electron chi connectivity index (χ4n) is 3.13. The predicted molar refractivity (Wildman–Crippen MR) is 109 cm³/mol. The van der Waals surface area contributed by atoms with Gasteiger partial charge in [0.15, 0.2) is 0 Å². The zero-order valence-electron chi connectivity index (χ0n) is 16.3. The number of benzene rings is 1. The van der Waals surface area contributed by atoms with Crippen LogP contribution in [0.4, 0.5) is 11.6 Å². The van der Waals surface area contributed by atoms with Gasteiger partial charge >= 0.3 is 0 Å². The van der Waals surface area contributed by atoms with Crippen molar-refractivity contribution in [2.75, 3.05) is 49.5 Å². The van der Waals surface area contributed by atoms with Crippen molar-refractivity contribution < 1.29 is 9.59 Å². The van der Waals surface area contributed by atoms with E-state index in [1.165, 1.54) is 0 Å². The summed E-state index contributed by atoms with van der Waals surface area (Å²) in [5.41, 5.74) is 0.552. The number of carbonyl (C=O) groups is 2. The van der Waals surface area contributed by atoms with E-state index in [9.17, 15) is 9.59 Å². The van der Waals surface area contributed by atoms with Crippen molar-refractivity contribution >= 4 is 23.5 Å². The van der Waals surface area contributed by atoms with Gasteiger partial charge in [-0.1, -0.05) is 18.2 Å². The molecule has 0 radical (unpaired) electrons. The number of piperazine rings is 1. The molecule has 0 bridgehead atoms. The summed E-state index contributed by atoms with van der Waals surface area (Å²) in [6.45, 7) is 7.29. The molecule has 0 spiro atoms. The van der Waals surface area contributed by atoms with Gasteiger partial charge in [0.05, 0.1) is 6.54 Å². The summed E-state index contributed by atoms with van der Waals surface area (Å²) >= 11 is 0. The van der Waals surface area contributed by atoms with Crippen LogP contribution >= 0.6 is 0 Å². The summed E-state index contributed by atoms with van der Waals surface area (Å²) in [6.07, 6.45) is 0. The van der Waals surface area contributed by atoms with Crippen LogP contribution in [-0.2, 0) is 4.79 Å². The number of carbonyl (C=O) groups excluding carboxylic acids is 2. The van der Waals surface area contributed by atoms with Crippen LogP contribution in [-0.4, -0.2) is 66.0 Å². The van der Waals surface area contributed by atoms with Crippen molar-refractivity contribution in [3.05, 3.63) is 47.8 Å². The molecule has 0 unspecified atom stereocenters. The summed E-state index contributed by atoms with van der Waals surface area (Å²) < 4.78 is 0. The topological polar surface area (TPSA) is 90.5 Å². The highest BCUT2D eigenvalue weighted by molar-refractivity contribution is 5.96. The highest BCUT2D eigenvalue weighted by Crippen LogP contribution is 2.17. The quantitative estimate of drug-likeness (QED) is 0.783. The molecule has 2 heterocycles. The Kier molecular flexibility index (Phi) is 6.41. The van der Waals surface area contributed by atoms with E-state index < -0.39 is 0 Å². The number of anilines is 2. The van der Waals surface area contributed by atoms with Crippen LogP contribution in [0.15, 0.2) is 36.4 Å². The second kappa shape index (κ2) is 9.16. The molecule has 0 aliphatic carbocycles. The lowest BCUT2D eigenvalue weighted by Crippen LogP contribution is -2.51. The zero-order chi connectivity index (χ0) is 19.9. The van der Waals surface area contributed by atoms with Gasteiger partial charge in [-0.15, -0.1) is 0 Å². The Bertz CT molecular complexity index is 819. The van der Waals surface area contributed by atoms with Crippen LogP contribution in [0.3, 0.4) is 0 Å². The van der Waals surface area contributed by atoms with Gasteiger partial charge in [0.25, 0.3) is 5.91 Å². The molecule has 2 amide bonds. The Morgan fingerprint density at radius 3 is 2.46 bits per heavy atom. The van der Waals surface area contributed by atoms with Crippen molar-refractivity contribution in [1.82, 2.24) is 20.2 Å². The average Bonchev–Trinajstić information content (AvgIpc) is 2.72. The van der Waals surface area contributed by atoms with Gasteiger partial charge in [0.2, 0.25) is 5.91 Å². The van der Waals surface area contributed by atoms with E-state index in [4.69, 9.17) is 0 Å². The molecule has 1 saturated heterocycles. The lowest BCUT2D eigenvalue weighted by Gasteiger charge is -2.35. The molecule has 1 aliphatic rings. The molecule has 148 valence electrons. The Morgan fingerprint density at radius 2 is 1.79 bits per heavy atom.